The van der Waals surface area contributed by atoms with Crippen LogP contribution < -0.4 is 5.32 Å². The van der Waals surface area contributed by atoms with Crippen molar-refractivity contribution in [3.8, 4) is 0 Å². The SMILES string of the molecule is OCC1OC(n2cnc3c(NC4CCC[C@H]4OCc4cccc(I)c4)ncnc32)[C@H](O)[C@@H]1O. The standard InChI is InChI=1S/C22H26IN5O5/c23-13-4-1-3-12(7-13)9-32-15-6-2-5-14(15)27-20-17-21(25-10-24-20)28(11-26-17)22-19(31)18(30)16(8-29)33-22/h1,3-4,7,10-11,14-16,18-19,22,29-31H,2,5-6,8-9H2,(H,24,25,27)/t14?,15-,16?,18-,19-,22?/m1/s1. The summed E-state index contributed by atoms with van der Waals surface area (Å²) in [6.45, 7) is 0.160. The summed E-state index contributed by atoms with van der Waals surface area (Å²) in [5, 5.41) is 33.3. The summed E-state index contributed by atoms with van der Waals surface area (Å²) in [4.78, 5) is 13.2. The largest absolute Gasteiger partial charge is 0.394 e. The second-order valence-electron chi connectivity index (χ2n) is 8.44. The first-order chi connectivity index (χ1) is 16.0. The smallest absolute Gasteiger partial charge is 0.167 e. The van der Waals surface area contributed by atoms with Crippen molar-refractivity contribution >= 4 is 39.6 Å². The van der Waals surface area contributed by atoms with Crippen molar-refractivity contribution in [2.75, 3.05) is 11.9 Å². The van der Waals surface area contributed by atoms with Crippen molar-refractivity contribution in [3.05, 3.63) is 46.1 Å². The summed E-state index contributed by atoms with van der Waals surface area (Å²) in [7, 11) is 0. The van der Waals surface area contributed by atoms with Gasteiger partial charge < -0.3 is 30.1 Å². The summed E-state index contributed by atoms with van der Waals surface area (Å²) in [5.41, 5.74) is 2.16. The highest BCUT2D eigenvalue weighted by molar-refractivity contribution is 14.1. The Morgan fingerprint density at radius 1 is 1.18 bits per heavy atom. The lowest BCUT2D eigenvalue weighted by Gasteiger charge is -2.22. The van der Waals surface area contributed by atoms with Gasteiger partial charge in [-0.15, -0.1) is 0 Å². The van der Waals surface area contributed by atoms with Crippen molar-refractivity contribution in [2.24, 2.45) is 0 Å². The van der Waals surface area contributed by atoms with Crippen LogP contribution in [0.1, 0.15) is 31.1 Å². The third-order valence-electron chi connectivity index (χ3n) is 6.28. The molecule has 2 fully saturated rings. The number of benzene rings is 1. The Labute approximate surface area is 204 Å². The molecule has 0 radical (unpaired) electrons. The average molecular weight is 567 g/mol. The predicted molar refractivity (Wildman–Crippen MR) is 127 cm³/mol. The topological polar surface area (TPSA) is 135 Å². The van der Waals surface area contributed by atoms with Crippen molar-refractivity contribution in [1.82, 2.24) is 19.5 Å². The van der Waals surface area contributed by atoms with Crippen LogP contribution in [0.4, 0.5) is 5.82 Å². The van der Waals surface area contributed by atoms with E-state index in [9.17, 15) is 15.3 Å². The maximum atomic E-state index is 10.4. The summed E-state index contributed by atoms with van der Waals surface area (Å²) in [6.07, 6.45) is 1.79. The maximum Gasteiger partial charge on any atom is 0.167 e. The molecule has 10 nitrogen and oxygen atoms in total. The highest BCUT2D eigenvalue weighted by Gasteiger charge is 2.44. The number of anilines is 1. The molecule has 2 aliphatic rings. The van der Waals surface area contributed by atoms with Gasteiger partial charge in [-0.1, -0.05) is 12.1 Å². The van der Waals surface area contributed by atoms with Crippen molar-refractivity contribution < 1.29 is 24.8 Å². The molecule has 6 atom stereocenters. The maximum absolute atomic E-state index is 10.4. The zero-order valence-corrected chi connectivity index (χ0v) is 19.9. The lowest BCUT2D eigenvalue weighted by atomic mass is 10.1. The molecule has 1 aromatic carbocycles. The second-order valence-corrected chi connectivity index (χ2v) is 9.68. The lowest BCUT2D eigenvalue weighted by molar-refractivity contribution is -0.0511. The molecule has 4 N–H and O–H groups in total. The number of halogens is 1. The van der Waals surface area contributed by atoms with Crippen LogP contribution in [-0.2, 0) is 16.1 Å². The number of ether oxygens (including phenoxy) is 2. The van der Waals surface area contributed by atoms with Crippen LogP contribution in [0.3, 0.4) is 0 Å². The quantitative estimate of drug-likeness (QED) is 0.314. The summed E-state index contributed by atoms with van der Waals surface area (Å²) in [5.74, 6) is 0.584. The van der Waals surface area contributed by atoms with E-state index in [0.29, 0.717) is 23.6 Å². The minimum Gasteiger partial charge on any atom is -0.394 e. The van der Waals surface area contributed by atoms with E-state index in [2.05, 4.69) is 61.1 Å². The third-order valence-corrected chi connectivity index (χ3v) is 6.95. The number of nitrogens with one attached hydrogen (secondary N) is 1. The first-order valence-electron chi connectivity index (χ1n) is 11.0. The summed E-state index contributed by atoms with van der Waals surface area (Å²) < 4.78 is 14.6. The number of rotatable bonds is 7. The first kappa shape index (κ1) is 22.9. The first-order valence-corrected chi connectivity index (χ1v) is 12.1. The minimum atomic E-state index is -1.21. The van der Waals surface area contributed by atoms with Crippen molar-refractivity contribution in [1.29, 1.82) is 0 Å². The van der Waals surface area contributed by atoms with Gasteiger partial charge in [0.1, 0.15) is 24.6 Å². The van der Waals surface area contributed by atoms with E-state index in [4.69, 9.17) is 9.47 Å². The molecule has 33 heavy (non-hydrogen) atoms. The van der Waals surface area contributed by atoms with Crippen molar-refractivity contribution in [3.63, 3.8) is 0 Å². The molecule has 5 rings (SSSR count). The van der Waals surface area contributed by atoms with Gasteiger partial charge in [0.2, 0.25) is 0 Å². The number of imidazole rings is 1. The number of nitrogens with zero attached hydrogens (tertiary/aromatic N) is 4. The Kier molecular flexibility index (Phi) is 6.77. The molecular formula is C22H26IN5O5. The lowest BCUT2D eigenvalue weighted by Crippen LogP contribution is -2.33. The van der Waals surface area contributed by atoms with Gasteiger partial charge in [-0.05, 0) is 59.5 Å². The summed E-state index contributed by atoms with van der Waals surface area (Å²) >= 11 is 2.30. The number of hydrogen-bond acceptors (Lipinski definition) is 9. The number of aliphatic hydroxyl groups is 3. The van der Waals surface area contributed by atoms with Crippen LogP contribution in [0.15, 0.2) is 36.9 Å². The zero-order valence-electron chi connectivity index (χ0n) is 17.8. The predicted octanol–water partition coefficient (Wildman–Crippen LogP) is 1.59. The van der Waals surface area contributed by atoms with Crippen LogP contribution in [0.25, 0.3) is 11.2 Å². The van der Waals surface area contributed by atoms with E-state index in [1.807, 2.05) is 6.07 Å². The van der Waals surface area contributed by atoms with Crippen LogP contribution in [0.2, 0.25) is 0 Å². The molecule has 2 aromatic heterocycles. The van der Waals surface area contributed by atoms with Crippen molar-refractivity contribution in [2.45, 2.75) is 62.6 Å². The number of aliphatic hydroxyl groups excluding tert-OH is 3. The van der Waals surface area contributed by atoms with Gasteiger partial charge in [0, 0.05) is 3.57 Å². The van der Waals surface area contributed by atoms with E-state index in [-0.39, 0.29) is 12.1 Å². The molecule has 3 aromatic rings. The fourth-order valence-corrected chi connectivity index (χ4v) is 5.16. The van der Waals surface area contributed by atoms with E-state index in [1.54, 1.807) is 4.57 Å². The van der Waals surface area contributed by atoms with Crippen LogP contribution in [-0.4, -0.2) is 71.9 Å². The Balaban J connectivity index is 1.32. The highest BCUT2D eigenvalue weighted by atomic mass is 127. The molecular weight excluding hydrogens is 541 g/mol. The molecule has 0 bridgehead atoms. The normalized spacial score (nSPS) is 29.7. The zero-order chi connectivity index (χ0) is 22.9. The highest BCUT2D eigenvalue weighted by Crippen LogP contribution is 2.33. The second kappa shape index (κ2) is 9.76. The van der Waals surface area contributed by atoms with Gasteiger partial charge in [-0.2, -0.15) is 0 Å². The Hall–Kier alpha value is -1.90. The van der Waals surface area contributed by atoms with Gasteiger partial charge in [0.25, 0.3) is 0 Å². The van der Waals surface area contributed by atoms with Crippen LogP contribution in [0.5, 0.6) is 0 Å². The number of fused-ring (bicyclic) bond motifs is 1. The number of hydrogen-bond donors (Lipinski definition) is 4. The molecule has 1 aliphatic heterocycles. The molecule has 0 amide bonds. The fraction of sp³-hybridized carbons (Fsp3) is 0.500. The molecule has 3 heterocycles. The van der Waals surface area contributed by atoms with Gasteiger partial charge >= 0.3 is 0 Å². The molecule has 1 saturated carbocycles. The van der Waals surface area contributed by atoms with E-state index >= 15 is 0 Å². The molecule has 1 aliphatic carbocycles. The monoisotopic (exact) mass is 567 g/mol. The van der Waals surface area contributed by atoms with E-state index < -0.39 is 31.1 Å². The minimum absolute atomic E-state index is 0.0513. The molecule has 11 heteroatoms. The Morgan fingerprint density at radius 3 is 2.85 bits per heavy atom. The van der Waals surface area contributed by atoms with E-state index in [1.165, 1.54) is 16.2 Å². The Morgan fingerprint density at radius 2 is 2.06 bits per heavy atom. The molecule has 3 unspecified atom stereocenters. The number of aromatic nitrogens is 4. The third kappa shape index (κ3) is 4.57. The Bertz CT molecular complexity index is 1110. The van der Waals surface area contributed by atoms with Gasteiger partial charge in [-0.3, -0.25) is 4.57 Å². The fourth-order valence-electron chi connectivity index (χ4n) is 4.55. The molecule has 0 spiro atoms. The molecule has 176 valence electrons. The van der Waals surface area contributed by atoms with E-state index in [0.717, 1.165) is 24.8 Å². The summed E-state index contributed by atoms with van der Waals surface area (Å²) in [6, 6.07) is 8.37. The van der Waals surface area contributed by atoms with Crippen LogP contribution >= 0.6 is 22.6 Å². The van der Waals surface area contributed by atoms with Crippen LogP contribution in [0, 0.1) is 3.57 Å². The average Bonchev–Trinajstić information content (AvgIpc) is 3.51. The molecule has 1 saturated heterocycles. The van der Waals surface area contributed by atoms with Gasteiger partial charge in [0.05, 0.1) is 31.7 Å². The van der Waals surface area contributed by atoms with Gasteiger partial charge in [-0.25, -0.2) is 15.0 Å². The van der Waals surface area contributed by atoms with Gasteiger partial charge in [0.15, 0.2) is 23.2 Å².